The van der Waals surface area contributed by atoms with Gasteiger partial charge in [0.1, 0.15) is 11.4 Å². The fraction of sp³-hybridized carbons (Fsp3) is 0.158. The Bertz CT molecular complexity index is 991. The molecule has 2 aromatic heterocycles. The molecule has 0 spiro atoms. The Morgan fingerprint density at radius 1 is 0.720 bits per heavy atom. The first-order chi connectivity index (χ1) is 12.2. The highest BCUT2D eigenvalue weighted by molar-refractivity contribution is 6.07. The Morgan fingerprint density at radius 2 is 1.16 bits per heavy atom. The van der Waals surface area contributed by atoms with E-state index in [1.54, 1.807) is 0 Å². The average Bonchev–Trinajstić information content (AvgIpc) is 3.26. The highest BCUT2D eigenvalue weighted by Crippen LogP contribution is 2.20. The van der Waals surface area contributed by atoms with Crippen LogP contribution in [0.15, 0.2) is 48.5 Å². The average molecular weight is 332 g/mol. The molecule has 4 rings (SSSR count). The summed E-state index contributed by atoms with van der Waals surface area (Å²) in [6.45, 7) is 0. The number of carbonyl (C=O) groups is 2. The number of rotatable bonds is 6. The fourth-order valence-corrected chi connectivity index (χ4v) is 3.00. The zero-order valence-corrected chi connectivity index (χ0v) is 13.5. The van der Waals surface area contributed by atoms with Gasteiger partial charge in [0.25, 0.3) is 0 Å². The van der Waals surface area contributed by atoms with Gasteiger partial charge >= 0.3 is 0 Å². The van der Waals surface area contributed by atoms with Crippen molar-refractivity contribution in [2.75, 3.05) is 0 Å². The van der Waals surface area contributed by atoms with Crippen molar-refractivity contribution in [1.29, 1.82) is 0 Å². The van der Waals surface area contributed by atoms with E-state index in [2.05, 4.69) is 20.4 Å². The number of ketones is 2. The standard InChI is InChI=1S/C19H16N4O2/c24-16(18-12-6-1-3-8-14(12)20-22-18)10-5-11-17(25)19-13-7-2-4-9-15(13)21-23-19/h1-4,6-9H,5,10-11H2,(H,20,22)(H,21,23). The molecule has 25 heavy (non-hydrogen) atoms. The third-order valence-corrected chi connectivity index (χ3v) is 4.28. The molecular formula is C19H16N4O2. The number of nitrogens with one attached hydrogen (secondary N) is 2. The predicted octanol–water partition coefficient (Wildman–Crippen LogP) is 3.68. The lowest BCUT2D eigenvalue weighted by molar-refractivity contribution is 0.0954. The van der Waals surface area contributed by atoms with Crippen LogP contribution >= 0.6 is 0 Å². The Kier molecular flexibility index (Phi) is 3.85. The van der Waals surface area contributed by atoms with E-state index in [1.165, 1.54) is 0 Å². The number of aromatic amines is 2. The van der Waals surface area contributed by atoms with Crippen LogP contribution in [0.25, 0.3) is 21.8 Å². The molecule has 0 aliphatic rings. The molecule has 0 bridgehead atoms. The van der Waals surface area contributed by atoms with Gasteiger partial charge in [0.15, 0.2) is 11.6 Å². The highest BCUT2D eigenvalue weighted by Gasteiger charge is 2.17. The van der Waals surface area contributed by atoms with Crippen molar-refractivity contribution >= 4 is 33.4 Å². The first kappa shape index (κ1) is 15.3. The molecule has 0 atom stereocenters. The number of aromatic nitrogens is 4. The van der Waals surface area contributed by atoms with E-state index in [4.69, 9.17) is 0 Å². The van der Waals surface area contributed by atoms with Crippen molar-refractivity contribution in [3.05, 3.63) is 59.9 Å². The van der Waals surface area contributed by atoms with Crippen LogP contribution in [-0.4, -0.2) is 32.0 Å². The molecule has 6 nitrogen and oxygen atoms in total. The summed E-state index contributed by atoms with van der Waals surface area (Å²) in [6, 6.07) is 15.0. The molecule has 2 heterocycles. The summed E-state index contributed by atoms with van der Waals surface area (Å²) < 4.78 is 0. The zero-order chi connectivity index (χ0) is 17.2. The van der Waals surface area contributed by atoms with Crippen LogP contribution in [0, 0.1) is 0 Å². The van der Waals surface area contributed by atoms with Crippen LogP contribution in [0.2, 0.25) is 0 Å². The van der Waals surface area contributed by atoms with Gasteiger partial charge in [0, 0.05) is 23.6 Å². The molecule has 2 N–H and O–H groups in total. The maximum absolute atomic E-state index is 12.4. The monoisotopic (exact) mass is 332 g/mol. The maximum Gasteiger partial charge on any atom is 0.183 e. The number of hydrogen-bond acceptors (Lipinski definition) is 4. The second-order valence-electron chi connectivity index (χ2n) is 5.94. The summed E-state index contributed by atoms with van der Waals surface area (Å²) in [5.74, 6) is -0.116. The van der Waals surface area contributed by atoms with Crippen LogP contribution in [0.5, 0.6) is 0 Å². The minimum absolute atomic E-state index is 0.0582. The first-order valence-corrected chi connectivity index (χ1v) is 8.16. The van der Waals surface area contributed by atoms with Gasteiger partial charge in [-0.1, -0.05) is 36.4 Å². The molecule has 4 aromatic rings. The van der Waals surface area contributed by atoms with Crippen molar-refractivity contribution in [1.82, 2.24) is 20.4 Å². The van der Waals surface area contributed by atoms with Crippen molar-refractivity contribution in [3.63, 3.8) is 0 Å². The quantitative estimate of drug-likeness (QED) is 0.527. The van der Waals surface area contributed by atoms with E-state index in [-0.39, 0.29) is 24.4 Å². The second-order valence-corrected chi connectivity index (χ2v) is 5.94. The molecule has 0 fully saturated rings. The third-order valence-electron chi connectivity index (χ3n) is 4.28. The van der Waals surface area contributed by atoms with E-state index in [9.17, 15) is 9.59 Å². The molecule has 0 aliphatic carbocycles. The van der Waals surface area contributed by atoms with E-state index >= 15 is 0 Å². The lowest BCUT2D eigenvalue weighted by atomic mass is 10.0. The molecule has 0 saturated carbocycles. The largest absolute Gasteiger partial charge is 0.292 e. The molecule has 0 aliphatic heterocycles. The molecule has 0 amide bonds. The Balaban J connectivity index is 1.42. The van der Waals surface area contributed by atoms with Crippen LogP contribution < -0.4 is 0 Å². The first-order valence-electron chi connectivity index (χ1n) is 8.16. The zero-order valence-electron chi connectivity index (χ0n) is 13.5. The normalized spacial score (nSPS) is 11.2. The molecule has 0 unspecified atom stereocenters. The fourth-order valence-electron chi connectivity index (χ4n) is 3.00. The molecule has 124 valence electrons. The van der Waals surface area contributed by atoms with E-state index in [0.29, 0.717) is 17.8 Å². The summed E-state index contributed by atoms with van der Waals surface area (Å²) in [7, 11) is 0. The lowest BCUT2D eigenvalue weighted by Crippen LogP contribution is -2.04. The number of hydrogen-bond donors (Lipinski definition) is 2. The number of Topliss-reactive ketones (excluding diaryl/α,β-unsaturated/α-hetero) is 2. The predicted molar refractivity (Wildman–Crippen MR) is 94.7 cm³/mol. The van der Waals surface area contributed by atoms with Crippen LogP contribution in [0.4, 0.5) is 0 Å². The Morgan fingerprint density at radius 3 is 1.64 bits per heavy atom. The van der Waals surface area contributed by atoms with Gasteiger partial charge in [-0.3, -0.25) is 19.8 Å². The van der Waals surface area contributed by atoms with E-state index in [1.807, 2.05) is 48.5 Å². The van der Waals surface area contributed by atoms with Gasteiger partial charge < -0.3 is 0 Å². The molecule has 2 aromatic carbocycles. The van der Waals surface area contributed by atoms with Gasteiger partial charge in [-0.25, -0.2) is 0 Å². The number of nitrogens with zero attached hydrogens (tertiary/aromatic N) is 2. The molecule has 0 radical (unpaired) electrons. The van der Waals surface area contributed by atoms with Gasteiger partial charge in [0.05, 0.1) is 11.0 Å². The molecule has 0 saturated heterocycles. The van der Waals surface area contributed by atoms with Crippen molar-refractivity contribution < 1.29 is 9.59 Å². The minimum Gasteiger partial charge on any atom is -0.292 e. The smallest absolute Gasteiger partial charge is 0.183 e. The minimum atomic E-state index is -0.0582. The van der Waals surface area contributed by atoms with Crippen LogP contribution in [0.1, 0.15) is 40.2 Å². The second kappa shape index (κ2) is 6.32. The van der Waals surface area contributed by atoms with E-state index in [0.717, 1.165) is 21.8 Å². The summed E-state index contributed by atoms with van der Waals surface area (Å²) in [6.07, 6.45) is 1.03. The summed E-state index contributed by atoms with van der Waals surface area (Å²) in [5.41, 5.74) is 2.55. The third kappa shape index (κ3) is 2.82. The summed E-state index contributed by atoms with van der Waals surface area (Å²) in [4.78, 5) is 24.8. The highest BCUT2D eigenvalue weighted by atomic mass is 16.1. The van der Waals surface area contributed by atoms with Crippen LogP contribution in [0.3, 0.4) is 0 Å². The van der Waals surface area contributed by atoms with Crippen molar-refractivity contribution in [2.24, 2.45) is 0 Å². The lowest BCUT2D eigenvalue weighted by Gasteiger charge is -1.99. The summed E-state index contributed by atoms with van der Waals surface area (Å²) in [5, 5.41) is 15.6. The van der Waals surface area contributed by atoms with Crippen molar-refractivity contribution in [2.45, 2.75) is 19.3 Å². The van der Waals surface area contributed by atoms with Gasteiger partial charge in [-0.05, 0) is 18.6 Å². The van der Waals surface area contributed by atoms with Gasteiger partial charge in [-0.15, -0.1) is 0 Å². The number of para-hydroxylation sites is 2. The van der Waals surface area contributed by atoms with Gasteiger partial charge in [-0.2, -0.15) is 10.2 Å². The molecular weight excluding hydrogens is 316 g/mol. The SMILES string of the molecule is O=C(CCCC(=O)c1n[nH]c2ccccc12)c1n[nH]c2ccccc12. The van der Waals surface area contributed by atoms with Crippen LogP contribution in [-0.2, 0) is 0 Å². The number of carbonyl (C=O) groups excluding carboxylic acids is 2. The number of H-pyrrole nitrogens is 2. The molecule has 6 heteroatoms. The summed E-state index contributed by atoms with van der Waals surface area (Å²) >= 11 is 0. The van der Waals surface area contributed by atoms with Gasteiger partial charge in [0.2, 0.25) is 0 Å². The Labute approximate surface area is 143 Å². The Hall–Kier alpha value is -3.28. The topological polar surface area (TPSA) is 91.5 Å². The number of benzene rings is 2. The number of fused-ring (bicyclic) bond motifs is 2. The van der Waals surface area contributed by atoms with Crippen molar-refractivity contribution in [3.8, 4) is 0 Å². The van der Waals surface area contributed by atoms with E-state index < -0.39 is 0 Å². The maximum atomic E-state index is 12.4.